The minimum Gasteiger partial charge on any atom is -0.395 e. The van der Waals surface area contributed by atoms with Crippen LogP contribution in [-0.4, -0.2) is 27.4 Å². The summed E-state index contributed by atoms with van der Waals surface area (Å²) in [5.74, 6) is 0.418. The summed E-state index contributed by atoms with van der Waals surface area (Å²) in [4.78, 5) is 0.449. The van der Waals surface area contributed by atoms with E-state index in [9.17, 15) is 9.11 Å². The number of rotatable bonds is 5. The van der Waals surface area contributed by atoms with Crippen molar-refractivity contribution in [3.8, 4) is 0 Å². The third-order valence-corrected chi connectivity index (χ3v) is 3.83. The topological polar surface area (TPSA) is 72.7 Å². The second-order valence-electron chi connectivity index (χ2n) is 3.89. The quantitative estimate of drug-likeness (QED) is 0.643. The Kier molecular flexibility index (Phi) is 4.76. The van der Waals surface area contributed by atoms with E-state index in [2.05, 4.69) is 18.6 Å². The van der Waals surface area contributed by atoms with Crippen molar-refractivity contribution in [1.82, 2.24) is 4.72 Å². The van der Waals surface area contributed by atoms with Crippen molar-refractivity contribution in [2.45, 2.75) is 24.7 Å². The molecule has 16 heavy (non-hydrogen) atoms. The third-order valence-electron chi connectivity index (χ3n) is 2.29. The molecule has 1 aromatic rings. The van der Waals surface area contributed by atoms with Gasteiger partial charge in [-0.3, -0.25) is 9.11 Å². The van der Waals surface area contributed by atoms with Gasteiger partial charge in [-0.25, -0.2) is 4.72 Å². The van der Waals surface area contributed by atoms with E-state index in [1.807, 2.05) is 12.1 Å². The van der Waals surface area contributed by atoms with Crippen LogP contribution in [0.5, 0.6) is 0 Å². The van der Waals surface area contributed by atoms with Gasteiger partial charge in [-0.1, -0.05) is 26.0 Å². The maximum absolute atomic E-state index is 9.76. The van der Waals surface area contributed by atoms with Gasteiger partial charge in [0.2, 0.25) is 0 Å². The zero-order valence-electron chi connectivity index (χ0n) is 9.55. The molecular formula is C11H19NO3S. The van der Waals surface area contributed by atoms with Crippen LogP contribution in [0.15, 0.2) is 29.2 Å². The van der Waals surface area contributed by atoms with Crippen molar-refractivity contribution in [3.63, 3.8) is 0 Å². The predicted octanol–water partition coefficient (Wildman–Crippen LogP) is 2.42. The number of hydrogen-bond donors (Lipinski definition) is 4. The fourth-order valence-corrected chi connectivity index (χ4v) is 2.37. The van der Waals surface area contributed by atoms with Gasteiger partial charge in [-0.2, -0.15) is 0 Å². The van der Waals surface area contributed by atoms with Crippen LogP contribution in [-0.2, 0) is 0 Å². The largest absolute Gasteiger partial charge is 0.395 e. The summed E-state index contributed by atoms with van der Waals surface area (Å²) in [6.07, 6.45) is 0. The molecular weight excluding hydrogens is 226 g/mol. The van der Waals surface area contributed by atoms with Crippen molar-refractivity contribution in [2.75, 3.05) is 13.2 Å². The Morgan fingerprint density at radius 2 is 1.75 bits per heavy atom. The molecule has 0 aromatic heterocycles. The molecule has 0 saturated heterocycles. The monoisotopic (exact) mass is 245 g/mol. The summed E-state index contributed by atoms with van der Waals surface area (Å²) >= 11 is 0. The molecule has 0 aliphatic heterocycles. The lowest BCUT2D eigenvalue weighted by atomic mass is 10.0. The standard InChI is InChI=1S/C11H19NO3S/c1-9(2)10-3-5-11(6-4-10)16(14,15)12-7-8-13/h3-6,9,12-15H,7-8H2,1-2H3. The Hall–Kier alpha value is -0.590. The number of aliphatic hydroxyl groups excluding tert-OH is 1. The van der Waals surface area contributed by atoms with E-state index in [0.717, 1.165) is 5.56 Å². The van der Waals surface area contributed by atoms with Crippen molar-refractivity contribution in [2.24, 2.45) is 0 Å². The molecule has 0 fully saturated rings. The van der Waals surface area contributed by atoms with Crippen LogP contribution in [0.1, 0.15) is 25.3 Å². The Morgan fingerprint density at radius 1 is 1.19 bits per heavy atom. The van der Waals surface area contributed by atoms with E-state index in [1.54, 1.807) is 12.1 Å². The van der Waals surface area contributed by atoms with Gasteiger partial charge < -0.3 is 5.11 Å². The van der Waals surface area contributed by atoms with E-state index in [1.165, 1.54) is 0 Å². The fourth-order valence-electron chi connectivity index (χ4n) is 1.31. The molecule has 0 unspecified atom stereocenters. The fraction of sp³-hybridized carbons (Fsp3) is 0.455. The van der Waals surface area contributed by atoms with Gasteiger partial charge in [-0.15, -0.1) is 10.8 Å². The van der Waals surface area contributed by atoms with Gasteiger partial charge in [0.1, 0.15) is 0 Å². The Labute approximate surface area is 97.8 Å². The molecule has 4 N–H and O–H groups in total. The van der Waals surface area contributed by atoms with Crippen LogP contribution in [0, 0.1) is 0 Å². The zero-order chi connectivity index (χ0) is 12.2. The first-order chi connectivity index (χ1) is 7.47. The lowest BCUT2D eigenvalue weighted by Gasteiger charge is -2.32. The Balaban J connectivity index is 2.79. The van der Waals surface area contributed by atoms with Crippen molar-refractivity contribution in [1.29, 1.82) is 0 Å². The first-order valence-electron chi connectivity index (χ1n) is 5.21. The average Bonchev–Trinajstić information content (AvgIpc) is 2.26. The summed E-state index contributed by atoms with van der Waals surface area (Å²) in [6.45, 7) is 4.20. The van der Waals surface area contributed by atoms with Gasteiger partial charge >= 0.3 is 0 Å². The summed E-state index contributed by atoms with van der Waals surface area (Å²) in [5, 5.41) is 8.62. The van der Waals surface area contributed by atoms with Gasteiger partial charge in [0.25, 0.3) is 0 Å². The lowest BCUT2D eigenvalue weighted by molar-refractivity contribution is 0.298. The SMILES string of the molecule is CC(C)c1ccc(S(O)(O)NCCO)cc1. The van der Waals surface area contributed by atoms with Gasteiger partial charge in [-0.05, 0) is 23.6 Å². The number of aliphatic hydroxyl groups is 1. The van der Waals surface area contributed by atoms with Crippen molar-refractivity contribution < 1.29 is 14.2 Å². The summed E-state index contributed by atoms with van der Waals surface area (Å²) < 4.78 is 22.0. The summed E-state index contributed by atoms with van der Waals surface area (Å²) in [7, 11) is -2.97. The van der Waals surface area contributed by atoms with Gasteiger partial charge in [0.15, 0.2) is 0 Å². The average molecular weight is 245 g/mol. The van der Waals surface area contributed by atoms with Crippen LogP contribution >= 0.6 is 10.8 Å². The number of hydrogen-bond acceptors (Lipinski definition) is 4. The molecule has 0 bridgehead atoms. The van der Waals surface area contributed by atoms with Crippen LogP contribution in [0.4, 0.5) is 0 Å². The molecule has 0 aliphatic rings. The van der Waals surface area contributed by atoms with Crippen LogP contribution in [0.3, 0.4) is 0 Å². The normalized spacial score (nSPS) is 13.1. The predicted molar refractivity (Wildman–Crippen MR) is 66.7 cm³/mol. The highest BCUT2D eigenvalue weighted by molar-refractivity contribution is 8.22. The van der Waals surface area contributed by atoms with E-state index < -0.39 is 10.8 Å². The minimum absolute atomic E-state index is 0.125. The molecule has 0 saturated carbocycles. The van der Waals surface area contributed by atoms with Gasteiger partial charge in [0.05, 0.1) is 11.5 Å². The highest BCUT2D eigenvalue weighted by atomic mass is 32.3. The molecule has 92 valence electrons. The molecule has 5 heteroatoms. The molecule has 0 heterocycles. The number of benzene rings is 1. The summed E-state index contributed by atoms with van der Waals surface area (Å²) in [5.41, 5.74) is 1.15. The van der Waals surface area contributed by atoms with Crippen molar-refractivity contribution >= 4 is 10.8 Å². The Morgan fingerprint density at radius 3 is 2.19 bits per heavy atom. The highest BCUT2D eigenvalue weighted by Crippen LogP contribution is 2.43. The molecule has 1 rings (SSSR count). The van der Waals surface area contributed by atoms with Crippen LogP contribution in [0.2, 0.25) is 0 Å². The molecule has 1 aromatic carbocycles. The maximum Gasteiger partial charge on any atom is 0.0750 e. The maximum atomic E-state index is 9.76. The zero-order valence-corrected chi connectivity index (χ0v) is 10.4. The van der Waals surface area contributed by atoms with E-state index in [-0.39, 0.29) is 13.2 Å². The van der Waals surface area contributed by atoms with Gasteiger partial charge in [0, 0.05) is 6.54 Å². The third kappa shape index (κ3) is 3.47. The number of nitrogens with one attached hydrogen (secondary N) is 1. The van der Waals surface area contributed by atoms with Crippen molar-refractivity contribution in [3.05, 3.63) is 29.8 Å². The second-order valence-corrected chi connectivity index (χ2v) is 5.75. The smallest absolute Gasteiger partial charge is 0.0750 e. The highest BCUT2D eigenvalue weighted by Gasteiger charge is 2.14. The second kappa shape index (κ2) is 5.65. The first-order valence-corrected chi connectivity index (χ1v) is 6.75. The summed E-state index contributed by atoms with van der Waals surface area (Å²) in [6, 6.07) is 7.17. The lowest BCUT2D eigenvalue weighted by Crippen LogP contribution is -2.23. The van der Waals surface area contributed by atoms with Crippen LogP contribution < -0.4 is 4.72 Å². The van der Waals surface area contributed by atoms with E-state index >= 15 is 0 Å². The molecule has 0 atom stereocenters. The van der Waals surface area contributed by atoms with Crippen LogP contribution in [0.25, 0.3) is 0 Å². The molecule has 0 spiro atoms. The van der Waals surface area contributed by atoms with E-state index in [4.69, 9.17) is 5.11 Å². The first kappa shape index (κ1) is 13.5. The molecule has 0 radical (unpaired) electrons. The molecule has 0 aliphatic carbocycles. The molecule has 0 amide bonds. The van der Waals surface area contributed by atoms with E-state index in [0.29, 0.717) is 10.8 Å². The Bertz CT molecular complexity index is 325. The molecule has 4 nitrogen and oxygen atoms in total. The minimum atomic E-state index is -2.97.